The molecule has 160 valence electrons. The van der Waals surface area contributed by atoms with Crippen molar-refractivity contribution in [2.45, 2.75) is 11.3 Å². The number of nitrogens with two attached hydrogens (primary N) is 1. The molecule has 0 unspecified atom stereocenters. The standard InChI is InChI=1S/C22H19ClN2O5S/c23-19-11-10-17(31(24,28)29)13-18(19)22(27)30-14-21(26)25-20-9-5-4-8-16(20)12-15-6-2-1-3-7-15/h1-11,13H,12,14H2,(H,25,26)(H2,24,28,29). The van der Waals surface area contributed by atoms with E-state index < -0.39 is 28.5 Å². The Balaban J connectivity index is 1.66. The number of hydrogen-bond donors (Lipinski definition) is 2. The number of anilines is 1. The van der Waals surface area contributed by atoms with Gasteiger partial charge < -0.3 is 10.1 Å². The predicted octanol–water partition coefficient (Wildman–Crippen LogP) is 3.37. The zero-order valence-electron chi connectivity index (χ0n) is 16.2. The number of carbonyl (C=O) groups excluding carboxylic acids is 2. The van der Waals surface area contributed by atoms with Crippen LogP contribution in [0.25, 0.3) is 0 Å². The first-order valence-corrected chi connectivity index (χ1v) is 11.1. The summed E-state index contributed by atoms with van der Waals surface area (Å²) >= 11 is 5.95. The molecule has 0 spiro atoms. The molecule has 0 aromatic heterocycles. The molecule has 7 nitrogen and oxygen atoms in total. The van der Waals surface area contributed by atoms with Crippen LogP contribution in [-0.4, -0.2) is 26.9 Å². The Morgan fingerprint density at radius 3 is 2.35 bits per heavy atom. The van der Waals surface area contributed by atoms with Gasteiger partial charge in [0.2, 0.25) is 10.0 Å². The third-order valence-corrected chi connectivity index (χ3v) is 5.59. The summed E-state index contributed by atoms with van der Waals surface area (Å²) < 4.78 is 27.9. The second-order valence-electron chi connectivity index (χ2n) is 6.63. The van der Waals surface area contributed by atoms with E-state index in [0.717, 1.165) is 17.2 Å². The van der Waals surface area contributed by atoms with Gasteiger partial charge in [-0.05, 0) is 41.8 Å². The maximum atomic E-state index is 12.3. The van der Waals surface area contributed by atoms with Gasteiger partial charge >= 0.3 is 5.97 Å². The molecule has 0 saturated carbocycles. The van der Waals surface area contributed by atoms with E-state index in [4.69, 9.17) is 21.5 Å². The number of nitrogens with one attached hydrogen (secondary N) is 1. The summed E-state index contributed by atoms with van der Waals surface area (Å²) in [5.74, 6) is -1.49. The van der Waals surface area contributed by atoms with Crippen LogP contribution in [0.5, 0.6) is 0 Å². The molecule has 3 aromatic carbocycles. The molecule has 3 N–H and O–H groups in total. The minimum absolute atomic E-state index is 0.0222. The second-order valence-corrected chi connectivity index (χ2v) is 8.60. The summed E-state index contributed by atoms with van der Waals surface area (Å²) in [7, 11) is -4.02. The number of halogens is 1. The van der Waals surface area contributed by atoms with Gasteiger partial charge in [0.25, 0.3) is 5.91 Å². The van der Waals surface area contributed by atoms with E-state index in [1.54, 1.807) is 12.1 Å². The van der Waals surface area contributed by atoms with E-state index in [2.05, 4.69) is 5.32 Å². The topological polar surface area (TPSA) is 116 Å². The fourth-order valence-electron chi connectivity index (χ4n) is 2.85. The zero-order chi connectivity index (χ0) is 22.4. The van der Waals surface area contributed by atoms with Crippen molar-refractivity contribution in [3.63, 3.8) is 0 Å². The van der Waals surface area contributed by atoms with E-state index in [0.29, 0.717) is 12.1 Å². The maximum absolute atomic E-state index is 12.3. The van der Waals surface area contributed by atoms with Crippen LogP contribution in [0.15, 0.2) is 77.7 Å². The first-order valence-electron chi connectivity index (χ1n) is 9.15. The van der Waals surface area contributed by atoms with Crippen LogP contribution >= 0.6 is 11.6 Å². The molecule has 0 aliphatic rings. The van der Waals surface area contributed by atoms with Gasteiger partial charge in [0.05, 0.1) is 15.5 Å². The third kappa shape index (κ3) is 6.14. The van der Waals surface area contributed by atoms with Crippen molar-refractivity contribution in [2.24, 2.45) is 5.14 Å². The van der Waals surface area contributed by atoms with Crippen LogP contribution in [-0.2, 0) is 26.0 Å². The molecular formula is C22H19ClN2O5S. The summed E-state index contributed by atoms with van der Waals surface area (Å²) in [6.45, 7) is -0.575. The summed E-state index contributed by atoms with van der Waals surface area (Å²) in [5, 5.41) is 7.77. The minimum Gasteiger partial charge on any atom is -0.452 e. The highest BCUT2D eigenvalue weighted by Crippen LogP contribution is 2.21. The Hall–Kier alpha value is -3.20. The van der Waals surface area contributed by atoms with E-state index in [1.165, 1.54) is 12.1 Å². The summed E-state index contributed by atoms with van der Waals surface area (Å²) in [6, 6.07) is 20.5. The number of benzene rings is 3. The number of primary sulfonamides is 1. The Morgan fingerprint density at radius 2 is 1.65 bits per heavy atom. The Kier molecular flexibility index (Phi) is 7.06. The van der Waals surface area contributed by atoms with Crippen molar-refractivity contribution in [3.8, 4) is 0 Å². The molecule has 0 fully saturated rings. The van der Waals surface area contributed by atoms with Crippen LogP contribution in [0, 0.1) is 0 Å². The van der Waals surface area contributed by atoms with E-state index in [-0.39, 0.29) is 15.5 Å². The van der Waals surface area contributed by atoms with Crippen molar-refractivity contribution in [1.29, 1.82) is 0 Å². The lowest BCUT2D eigenvalue weighted by molar-refractivity contribution is -0.119. The highest BCUT2D eigenvalue weighted by Gasteiger charge is 2.18. The van der Waals surface area contributed by atoms with E-state index >= 15 is 0 Å². The number of sulfonamides is 1. The third-order valence-electron chi connectivity index (χ3n) is 4.35. The lowest BCUT2D eigenvalue weighted by atomic mass is 10.0. The molecule has 0 aliphatic heterocycles. The number of carbonyl (C=O) groups is 2. The Morgan fingerprint density at radius 1 is 0.968 bits per heavy atom. The molecule has 0 heterocycles. The number of rotatable bonds is 7. The number of ether oxygens (including phenoxy) is 1. The van der Waals surface area contributed by atoms with Gasteiger partial charge in [-0.3, -0.25) is 4.79 Å². The average Bonchev–Trinajstić information content (AvgIpc) is 2.73. The number of hydrogen-bond acceptors (Lipinski definition) is 5. The van der Waals surface area contributed by atoms with Gasteiger partial charge in [-0.15, -0.1) is 0 Å². The van der Waals surface area contributed by atoms with Gasteiger partial charge in [0, 0.05) is 5.69 Å². The molecule has 31 heavy (non-hydrogen) atoms. The molecule has 0 bridgehead atoms. The van der Waals surface area contributed by atoms with Crippen LogP contribution in [0.1, 0.15) is 21.5 Å². The van der Waals surface area contributed by atoms with Gasteiger partial charge in [-0.2, -0.15) is 0 Å². The quantitative estimate of drug-likeness (QED) is 0.526. The van der Waals surface area contributed by atoms with Crippen LogP contribution in [0.2, 0.25) is 5.02 Å². The minimum atomic E-state index is -4.02. The van der Waals surface area contributed by atoms with Crippen LogP contribution in [0.4, 0.5) is 5.69 Å². The maximum Gasteiger partial charge on any atom is 0.340 e. The number of amides is 1. The van der Waals surface area contributed by atoms with Crippen molar-refractivity contribution in [1.82, 2.24) is 0 Å². The zero-order valence-corrected chi connectivity index (χ0v) is 17.8. The molecule has 0 radical (unpaired) electrons. The fourth-order valence-corrected chi connectivity index (χ4v) is 3.58. The molecule has 0 saturated heterocycles. The Bertz CT molecular complexity index is 1210. The number of esters is 1. The lowest BCUT2D eigenvalue weighted by Crippen LogP contribution is -2.22. The molecule has 0 aliphatic carbocycles. The largest absolute Gasteiger partial charge is 0.452 e. The average molecular weight is 459 g/mol. The summed E-state index contributed by atoms with van der Waals surface area (Å²) in [5.41, 5.74) is 2.38. The molecule has 3 aromatic rings. The SMILES string of the molecule is NS(=O)(=O)c1ccc(Cl)c(C(=O)OCC(=O)Nc2ccccc2Cc2ccccc2)c1. The molecular weight excluding hydrogens is 440 g/mol. The van der Waals surface area contributed by atoms with Crippen molar-refractivity contribution < 1.29 is 22.7 Å². The first kappa shape index (κ1) is 22.5. The molecule has 3 rings (SSSR count). The van der Waals surface area contributed by atoms with Gasteiger partial charge in [-0.1, -0.05) is 60.1 Å². The molecule has 1 amide bonds. The molecule has 0 atom stereocenters. The van der Waals surface area contributed by atoms with Crippen molar-refractivity contribution >= 4 is 39.2 Å². The smallest absolute Gasteiger partial charge is 0.340 e. The van der Waals surface area contributed by atoms with Crippen LogP contribution < -0.4 is 10.5 Å². The Labute approximate surface area is 184 Å². The highest BCUT2D eigenvalue weighted by atomic mass is 35.5. The highest BCUT2D eigenvalue weighted by molar-refractivity contribution is 7.89. The van der Waals surface area contributed by atoms with E-state index in [1.807, 2.05) is 42.5 Å². The first-order chi connectivity index (χ1) is 14.7. The van der Waals surface area contributed by atoms with Crippen molar-refractivity contribution in [2.75, 3.05) is 11.9 Å². The summed E-state index contributed by atoms with van der Waals surface area (Å²) in [4.78, 5) is 24.3. The normalized spacial score (nSPS) is 11.0. The van der Waals surface area contributed by atoms with Gasteiger partial charge in [0.15, 0.2) is 6.61 Å². The fraction of sp³-hybridized carbons (Fsp3) is 0.0909. The predicted molar refractivity (Wildman–Crippen MR) is 117 cm³/mol. The number of para-hydroxylation sites is 1. The van der Waals surface area contributed by atoms with Gasteiger partial charge in [0.1, 0.15) is 0 Å². The van der Waals surface area contributed by atoms with Crippen molar-refractivity contribution in [3.05, 3.63) is 94.5 Å². The monoisotopic (exact) mass is 458 g/mol. The molecule has 9 heteroatoms. The van der Waals surface area contributed by atoms with Gasteiger partial charge in [-0.25, -0.2) is 18.4 Å². The van der Waals surface area contributed by atoms with Crippen LogP contribution in [0.3, 0.4) is 0 Å². The lowest BCUT2D eigenvalue weighted by Gasteiger charge is -2.12. The second kappa shape index (κ2) is 9.74. The summed E-state index contributed by atoms with van der Waals surface area (Å²) in [6.07, 6.45) is 0.618. The van der Waals surface area contributed by atoms with E-state index in [9.17, 15) is 18.0 Å².